The monoisotopic (exact) mass is 372 g/mol. The molecule has 0 heterocycles. The SMILES string of the molecule is O=C(CCNCCC(c1ccccc1)c1ccccc1)NCc1ccccc1. The molecule has 0 unspecified atom stereocenters. The average molecular weight is 373 g/mol. The zero-order valence-corrected chi connectivity index (χ0v) is 16.2. The quantitative estimate of drug-likeness (QED) is 0.514. The van der Waals surface area contributed by atoms with Gasteiger partial charge in [0.15, 0.2) is 0 Å². The lowest BCUT2D eigenvalue weighted by Gasteiger charge is -2.18. The fourth-order valence-electron chi connectivity index (χ4n) is 3.35. The number of benzene rings is 3. The summed E-state index contributed by atoms with van der Waals surface area (Å²) in [5, 5.41) is 6.40. The molecule has 3 aromatic carbocycles. The molecule has 3 aromatic rings. The zero-order chi connectivity index (χ0) is 19.4. The van der Waals surface area contributed by atoms with E-state index in [1.807, 2.05) is 30.3 Å². The smallest absolute Gasteiger partial charge is 0.221 e. The van der Waals surface area contributed by atoms with E-state index in [2.05, 4.69) is 71.3 Å². The van der Waals surface area contributed by atoms with Gasteiger partial charge in [0.2, 0.25) is 5.91 Å². The van der Waals surface area contributed by atoms with Crippen molar-refractivity contribution in [2.24, 2.45) is 0 Å². The van der Waals surface area contributed by atoms with Crippen LogP contribution in [-0.2, 0) is 11.3 Å². The van der Waals surface area contributed by atoms with Gasteiger partial charge in [-0.3, -0.25) is 4.79 Å². The number of carbonyl (C=O) groups is 1. The summed E-state index contributed by atoms with van der Waals surface area (Å²) >= 11 is 0. The molecular formula is C25H28N2O. The van der Waals surface area contributed by atoms with E-state index in [0.717, 1.165) is 18.5 Å². The second-order valence-corrected chi connectivity index (χ2v) is 6.92. The summed E-state index contributed by atoms with van der Waals surface area (Å²) < 4.78 is 0. The molecule has 3 nitrogen and oxygen atoms in total. The maximum atomic E-state index is 12.0. The second kappa shape index (κ2) is 11.1. The topological polar surface area (TPSA) is 41.1 Å². The van der Waals surface area contributed by atoms with Crippen molar-refractivity contribution in [3.8, 4) is 0 Å². The molecule has 0 aliphatic carbocycles. The van der Waals surface area contributed by atoms with Crippen LogP contribution in [0.3, 0.4) is 0 Å². The van der Waals surface area contributed by atoms with Gasteiger partial charge in [0.05, 0.1) is 0 Å². The molecule has 3 heteroatoms. The van der Waals surface area contributed by atoms with Gasteiger partial charge in [-0.15, -0.1) is 0 Å². The van der Waals surface area contributed by atoms with E-state index in [0.29, 0.717) is 25.4 Å². The van der Waals surface area contributed by atoms with Gasteiger partial charge in [0, 0.05) is 25.4 Å². The molecule has 0 bridgehead atoms. The van der Waals surface area contributed by atoms with Gasteiger partial charge in [-0.1, -0.05) is 91.0 Å². The lowest BCUT2D eigenvalue weighted by molar-refractivity contribution is -0.121. The van der Waals surface area contributed by atoms with Crippen LogP contribution in [0.4, 0.5) is 0 Å². The van der Waals surface area contributed by atoms with Crippen molar-refractivity contribution < 1.29 is 4.79 Å². The van der Waals surface area contributed by atoms with Gasteiger partial charge >= 0.3 is 0 Å². The van der Waals surface area contributed by atoms with Crippen molar-refractivity contribution in [1.82, 2.24) is 10.6 Å². The maximum absolute atomic E-state index is 12.0. The van der Waals surface area contributed by atoms with Gasteiger partial charge in [-0.25, -0.2) is 0 Å². The Bertz CT molecular complexity index is 779. The molecule has 28 heavy (non-hydrogen) atoms. The molecule has 0 radical (unpaired) electrons. The van der Waals surface area contributed by atoms with E-state index in [1.165, 1.54) is 11.1 Å². The summed E-state index contributed by atoms with van der Waals surface area (Å²) in [6.45, 7) is 2.15. The molecule has 0 spiro atoms. The molecule has 2 N–H and O–H groups in total. The van der Waals surface area contributed by atoms with Crippen LogP contribution in [-0.4, -0.2) is 19.0 Å². The fourth-order valence-corrected chi connectivity index (χ4v) is 3.35. The number of nitrogens with one attached hydrogen (secondary N) is 2. The average Bonchev–Trinajstić information content (AvgIpc) is 2.77. The normalized spacial score (nSPS) is 10.8. The van der Waals surface area contributed by atoms with Crippen LogP contribution in [0.15, 0.2) is 91.0 Å². The largest absolute Gasteiger partial charge is 0.352 e. The second-order valence-electron chi connectivity index (χ2n) is 6.92. The van der Waals surface area contributed by atoms with E-state index in [9.17, 15) is 4.79 Å². The van der Waals surface area contributed by atoms with Gasteiger partial charge in [0.1, 0.15) is 0 Å². The Balaban J connectivity index is 1.41. The van der Waals surface area contributed by atoms with Crippen LogP contribution in [0, 0.1) is 0 Å². The first-order valence-corrected chi connectivity index (χ1v) is 9.94. The first kappa shape index (κ1) is 19.8. The first-order chi connectivity index (χ1) is 13.8. The van der Waals surface area contributed by atoms with Crippen LogP contribution in [0.1, 0.15) is 35.4 Å². The van der Waals surface area contributed by atoms with Crippen LogP contribution >= 0.6 is 0 Å². The highest BCUT2D eigenvalue weighted by atomic mass is 16.1. The molecule has 0 fully saturated rings. The molecule has 0 aliphatic heterocycles. The minimum atomic E-state index is 0.0824. The summed E-state index contributed by atoms with van der Waals surface area (Å²) in [6.07, 6.45) is 1.49. The van der Waals surface area contributed by atoms with Crippen molar-refractivity contribution in [2.45, 2.75) is 25.3 Å². The molecule has 3 rings (SSSR count). The maximum Gasteiger partial charge on any atom is 0.221 e. The number of rotatable bonds is 10. The Morgan fingerprint density at radius 1 is 0.714 bits per heavy atom. The van der Waals surface area contributed by atoms with E-state index >= 15 is 0 Å². The Morgan fingerprint density at radius 3 is 1.82 bits per heavy atom. The lowest BCUT2D eigenvalue weighted by Crippen LogP contribution is -2.28. The minimum Gasteiger partial charge on any atom is -0.352 e. The van der Waals surface area contributed by atoms with Crippen LogP contribution in [0.5, 0.6) is 0 Å². The van der Waals surface area contributed by atoms with Crippen molar-refractivity contribution >= 4 is 5.91 Å². The first-order valence-electron chi connectivity index (χ1n) is 9.94. The molecular weight excluding hydrogens is 344 g/mol. The Labute approximate surface area is 167 Å². The molecule has 0 aromatic heterocycles. The van der Waals surface area contributed by atoms with Gasteiger partial charge < -0.3 is 10.6 Å². The predicted molar refractivity (Wildman–Crippen MR) is 115 cm³/mol. The summed E-state index contributed by atoms with van der Waals surface area (Å²) in [4.78, 5) is 12.0. The van der Waals surface area contributed by atoms with Crippen molar-refractivity contribution in [2.75, 3.05) is 13.1 Å². The van der Waals surface area contributed by atoms with E-state index in [1.54, 1.807) is 0 Å². The highest BCUT2D eigenvalue weighted by Gasteiger charge is 2.13. The van der Waals surface area contributed by atoms with Crippen molar-refractivity contribution in [1.29, 1.82) is 0 Å². The Morgan fingerprint density at radius 2 is 1.25 bits per heavy atom. The van der Waals surface area contributed by atoms with Crippen molar-refractivity contribution in [3.05, 3.63) is 108 Å². The highest BCUT2D eigenvalue weighted by molar-refractivity contribution is 5.76. The summed E-state index contributed by atoms with van der Waals surface area (Å²) in [5.74, 6) is 0.445. The number of hydrogen-bond acceptors (Lipinski definition) is 2. The number of hydrogen-bond donors (Lipinski definition) is 2. The Hall–Kier alpha value is -2.91. The van der Waals surface area contributed by atoms with Crippen LogP contribution in [0.2, 0.25) is 0 Å². The van der Waals surface area contributed by atoms with Crippen LogP contribution in [0.25, 0.3) is 0 Å². The predicted octanol–water partition coefficient (Wildman–Crippen LogP) is 4.50. The van der Waals surface area contributed by atoms with Gasteiger partial charge in [-0.2, -0.15) is 0 Å². The summed E-state index contributed by atoms with van der Waals surface area (Å²) in [5.41, 5.74) is 3.78. The molecule has 144 valence electrons. The standard InChI is InChI=1S/C25H28N2O/c28-25(27-20-21-10-4-1-5-11-21)17-19-26-18-16-24(22-12-6-2-7-13-22)23-14-8-3-9-15-23/h1-15,24,26H,16-20H2,(H,27,28). The zero-order valence-electron chi connectivity index (χ0n) is 16.2. The Kier molecular flexibility index (Phi) is 7.83. The highest BCUT2D eigenvalue weighted by Crippen LogP contribution is 2.27. The molecule has 0 atom stereocenters. The fraction of sp³-hybridized carbons (Fsp3) is 0.240. The van der Waals surface area contributed by atoms with Crippen LogP contribution < -0.4 is 10.6 Å². The molecule has 1 amide bonds. The van der Waals surface area contributed by atoms with E-state index in [4.69, 9.17) is 0 Å². The summed E-state index contributed by atoms with van der Waals surface area (Å²) in [6, 6.07) is 31.2. The number of carbonyl (C=O) groups excluding carboxylic acids is 1. The van der Waals surface area contributed by atoms with E-state index < -0.39 is 0 Å². The van der Waals surface area contributed by atoms with Crippen molar-refractivity contribution in [3.63, 3.8) is 0 Å². The molecule has 0 saturated carbocycles. The molecule has 0 aliphatic rings. The number of amides is 1. The third kappa shape index (κ3) is 6.36. The third-order valence-electron chi connectivity index (χ3n) is 4.88. The third-order valence-corrected chi connectivity index (χ3v) is 4.88. The van der Waals surface area contributed by atoms with Gasteiger partial charge in [-0.05, 0) is 29.7 Å². The molecule has 0 saturated heterocycles. The minimum absolute atomic E-state index is 0.0824. The lowest BCUT2D eigenvalue weighted by atomic mass is 9.88. The summed E-state index contributed by atoms with van der Waals surface area (Å²) in [7, 11) is 0. The van der Waals surface area contributed by atoms with E-state index in [-0.39, 0.29) is 5.91 Å². The van der Waals surface area contributed by atoms with Gasteiger partial charge in [0.25, 0.3) is 0 Å².